The zero-order valence-corrected chi connectivity index (χ0v) is 17.5. The van der Waals surface area contributed by atoms with E-state index in [1.807, 2.05) is 25.1 Å². The van der Waals surface area contributed by atoms with E-state index in [1.54, 1.807) is 0 Å². The summed E-state index contributed by atoms with van der Waals surface area (Å²) in [6.07, 6.45) is 4.12. The van der Waals surface area contributed by atoms with Crippen LogP contribution in [0.5, 0.6) is 0 Å². The van der Waals surface area contributed by atoms with Crippen LogP contribution in [0.3, 0.4) is 0 Å². The summed E-state index contributed by atoms with van der Waals surface area (Å²) in [7, 11) is -1.67. The first-order valence-corrected chi connectivity index (χ1v) is 12.4. The molecular formula is C21H36O3Si. The van der Waals surface area contributed by atoms with E-state index in [0.717, 1.165) is 50.3 Å². The molecule has 142 valence electrons. The van der Waals surface area contributed by atoms with Gasteiger partial charge in [0, 0.05) is 12.5 Å². The maximum Gasteiger partial charge on any atom is 0.192 e. The number of benzene rings is 1. The average molecular weight is 365 g/mol. The average Bonchev–Trinajstić information content (AvgIpc) is 2.67. The van der Waals surface area contributed by atoms with Crippen LogP contribution in [0.15, 0.2) is 30.3 Å². The van der Waals surface area contributed by atoms with Crippen LogP contribution in [-0.2, 0) is 20.6 Å². The number of aldehydes is 1. The number of ether oxygens (including phenoxy) is 1. The highest BCUT2D eigenvalue weighted by atomic mass is 28.4. The van der Waals surface area contributed by atoms with E-state index in [0.29, 0.717) is 6.61 Å². The lowest BCUT2D eigenvalue weighted by molar-refractivity contribution is -0.113. The van der Waals surface area contributed by atoms with Crippen molar-refractivity contribution in [2.24, 2.45) is 5.92 Å². The Balaban J connectivity index is 2.36. The molecule has 0 spiro atoms. The fourth-order valence-corrected chi connectivity index (χ4v) is 6.13. The highest BCUT2D eigenvalue weighted by Crippen LogP contribution is 2.27. The van der Waals surface area contributed by atoms with E-state index < -0.39 is 8.32 Å². The Morgan fingerprint density at radius 3 is 2.24 bits per heavy atom. The Hall–Kier alpha value is -0.973. The van der Waals surface area contributed by atoms with Crippen LogP contribution < -0.4 is 0 Å². The van der Waals surface area contributed by atoms with Gasteiger partial charge in [0.05, 0.1) is 12.7 Å². The van der Waals surface area contributed by atoms with E-state index in [-0.39, 0.29) is 12.0 Å². The van der Waals surface area contributed by atoms with Crippen molar-refractivity contribution in [1.29, 1.82) is 0 Å². The number of rotatable bonds is 14. The number of hydrogen-bond acceptors (Lipinski definition) is 3. The molecule has 2 atom stereocenters. The summed E-state index contributed by atoms with van der Waals surface area (Å²) in [5, 5.41) is 0. The molecule has 25 heavy (non-hydrogen) atoms. The summed E-state index contributed by atoms with van der Waals surface area (Å²) in [4.78, 5) is 11.3. The van der Waals surface area contributed by atoms with Gasteiger partial charge in [-0.3, -0.25) is 0 Å². The van der Waals surface area contributed by atoms with Gasteiger partial charge in [-0.25, -0.2) is 0 Å². The topological polar surface area (TPSA) is 35.5 Å². The van der Waals surface area contributed by atoms with Crippen LogP contribution in [0.25, 0.3) is 0 Å². The zero-order chi connectivity index (χ0) is 18.5. The number of hydrogen-bond donors (Lipinski definition) is 0. The van der Waals surface area contributed by atoms with Crippen molar-refractivity contribution in [3.63, 3.8) is 0 Å². The van der Waals surface area contributed by atoms with Gasteiger partial charge in [0.15, 0.2) is 8.32 Å². The molecule has 0 N–H and O–H groups in total. The van der Waals surface area contributed by atoms with Gasteiger partial charge in [-0.2, -0.15) is 0 Å². The molecule has 1 aromatic carbocycles. The van der Waals surface area contributed by atoms with Crippen molar-refractivity contribution < 1.29 is 14.0 Å². The molecule has 0 saturated carbocycles. The summed E-state index contributed by atoms with van der Waals surface area (Å²) < 4.78 is 12.3. The predicted octanol–water partition coefficient (Wildman–Crippen LogP) is 5.60. The van der Waals surface area contributed by atoms with Crippen molar-refractivity contribution in [2.75, 3.05) is 6.61 Å². The minimum Gasteiger partial charge on any atom is -0.413 e. The lowest BCUT2D eigenvalue weighted by Crippen LogP contribution is -2.42. The van der Waals surface area contributed by atoms with E-state index in [1.165, 1.54) is 5.56 Å². The highest BCUT2D eigenvalue weighted by Gasteiger charge is 2.33. The van der Waals surface area contributed by atoms with Gasteiger partial charge in [0.25, 0.3) is 0 Å². The van der Waals surface area contributed by atoms with E-state index in [4.69, 9.17) is 9.16 Å². The summed E-state index contributed by atoms with van der Waals surface area (Å²) in [5.41, 5.74) is 1.21. The van der Waals surface area contributed by atoms with Crippen LogP contribution in [0.4, 0.5) is 0 Å². The van der Waals surface area contributed by atoms with Gasteiger partial charge < -0.3 is 14.0 Å². The first-order chi connectivity index (χ1) is 12.1. The van der Waals surface area contributed by atoms with Crippen molar-refractivity contribution in [3.05, 3.63) is 35.9 Å². The summed E-state index contributed by atoms with van der Waals surface area (Å²) in [6.45, 7) is 10.1. The molecule has 1 aromatic rings. The minimum absolute atomic E-state index is 0.0261. The zero-order valence-electron chi connectivity index (χ0n) is 16.5. The molecule has 0 bridgehead atoms. The molecule has 0 aliphatic heterocycles. The lowest BCUT2D eigenvalue weighted by atomic mass is 10.0. The Morgan fingerprint density at radius 2 is 1.68 bits per heavy atom. The van der Waals surface area contributed by atoms with Crippen molar-refractivity contribution in [1.82, 2.24) is 0 Å². The monoisotopic (exact) mass is 364 g/mol. The van der Waals surface area contributed by atoms with Crippen LogP contribution in [-0.4, -0.2) is 27.3 Å². The summed E-state index contributed by atoms with van der Waals surface area (Å²) >= 11 is 0. The Morgan fingerprint density at radius 1 is 1.04 bits per heavy atom. The second-order valence-corrected chi connectivity index (χ2v) is 11.7. The molecule has 0 aliphatic rings. The van der Waals surface area contributed by atoms with Crippen LogP contribution in [0.2, 0.25) is 18.1 Å². The molecule has 0 radical (unpaired) electrons. The number of carbonyl (C=O) groups excluding carboxylic acids is 1. The van der Waals surface area contributed by atoms with Crippen molar-refractivity contribution in [3.8, 4) is 0 Å². The normalized spacial score (nSPS) is 14.2. The molecule has 0 saturated heterocycles. The first kappa shape index (κ1) is 22.1. The maximum atomic E-state index is 11.3. The molecule has 4 heteroatoms. The second kappa shape index (κ2) is 12.4. The number of unbranched alkanes of at least 4 members (excludes halogenated alkanes) is 1. The molecule has 0 fully saturated rings. The Bertz CT molecular complexity index is 451. The molecular weight excluding hydrogens is 328 g/mol. The van der Waals surface area contributed by atoms with E-state index in [2.05, 4.69) is 32.9 Å². The molecule has 0 unspecified atom stereocenters. The molecule has 0 aromatic heterocycles. The fourth-order valence-electron chi connectivity index (χ4n) is 3.15. The molecule has 0 amide bonds. The lowest BCUT2D eigenvalue weighted by Gasteiger charge is -2.35. The van der Waals surface area contributed by atoms with E-state index in [9.17, 15) is 4.79 Å². The third-order valence-electron chi connectivity index (χ3n) is 5.27. The minimum atomic E-state index is -1.67. The van der Waals surface area contributed by atoms with Gasteiger partial charge in [-0.05, 0) is 43.0 Å². The Kier molecular flexibility index (Phi) is 10.9. The van der Waals surface area contributed by atoms with Crippen molar-refractivity contribution in [2.45, 2.75) is 77.8 Å². The maximum absolute atomic E-state index is 11.3. The van der Waals surface area contributed by atoms with Crippen LogP contribution >= 0.6 is 0 Å². The molecule has 1 rings (SSSR count). The Labute approximate surface area is 155 Å². The highest BCUT2D eigenvalue weighted by molar-refractivity contribution is 6.73. The molecule has 3 nitrogen and oxygen atoms in total. The predicted molar refractivity (Wildman–Crippen MR) is 107 cm³/mol. The standard InChI is InChI=1S/C21H36O3Si/c1-5-25(6-2,7-3)24-21(19(4)17-22)15-11-12-16-23-18-20-13-9-8-10-14-20/h8-10,13-14,17,19,21H,5-7,11-12,15-16,18H2,1-4H3/t19-,21-/m1/s1. The summed E-state index contributed by atoms with van der Waals surface area (Å²) in [6, 6.07) is 13.6. The fraction of sp³-hybridized carbons (Fsp3) is 0.667. The van der Waals surface area contributed by atoms with Gasteiger partial charge >= 0.3 is 0 Å². The molecule has 0 heterocycles. The smallest absolute Gasteiger partial charge is 0.192 e. The summed E-state index contributed by atoms with van der Waals surface area (Å²) in [5.74, 6) is -0.0261. The van der Waals surface area contributed by atoms with Gasteiger partial charge in [0.2, 0.25) is 0 Å². The van der Waals surface area contributed by atoms with Gasteiger partial charge in [0.1, 0.15) is 6.29 Å². The first-order valence-electron chi connectivity index (χ1n) is 9.85. The SMILES string of the molecule is CC[Si](CC)(CC)O[C@H](CCCCOCc1ccccc1)[C@H](C)C=O. The van der Waals surface area contributed by atoms with Crippen LogP contribution in [0, 0.1) is 5.92 Å². The van der Waals surface area contributed by atoms with E-state index >= 15 is 0 Å². The third-order valence-corrected chi connectivity index (χ3v) is 9.94. The van der Waals surface area contributed by atoms with Gasteiger partial charge in [-0.15, -0.1) is 0 Å². The quantitative estimate of drug-likeness (QED) is 0.245. The third kappa shape index (κ3) is 7.84. The molecule has 0 aliphatic carbocycles. The van der Waals surface area contributed by atoms with Crippen LogP contribution in [0.1, 0.15) is 52.5 Å². The largest absolute Gasteiger partial charge is 0.413 e. The van der Waals surface area contributed by atoms with Gasteiger partial charge in [-0.1, -0.05) is 58.0 Å². The number of carbonyl (C=O) groups is 1. The second-order valence-electron chi connectivity index (χ2n) is 6.93. The van der Waals surface area contributed by atoms with Crippen molar-refractivity contribution >= 4 is 14.6 Å².